The van der Waals surface area contributed by atoms with Gasteiger partial charge in [0.15, 0.2) is 0 Å². The number of hydrogen-bond acceptors (Lipinski definition) is 2. The molecule has 5 heteroatoms. The van der Waals surface area contributed by atoms with Gasteiger partial charge in [-0.2, -0.15) is 0 Å². The topological polar surface area (TPSA) is 41.1 Å². The number of nitrogens with one attached hydrogen (secondary N) is 2. The molecule has 0 aromatic heterocycles. The number of carbonyl (C=O) groups is 1. The molecule has 1 aromatic rings. The first-order chi connectivity index (χ1) is 9.07. The Labute approximate surface area is 127 Å². The van der Waals surface area contributed by atoms with E-state index < -0.39 is 0 Å². The van der Waals surface area contributed by atoms with Crippen molar-refractivity contribution >= 4 is 39.1 Å². The smallest absolute Gasteiger partial charge is 0.231 e. The maximum absolute atomic E-state index is 12.6. The van der Waals surface area contributed by atoms with Crippen molar-refractivity contribution in [3.63, 3.8) is 0 Å². The van der Waals surface area contributed by atoms with Gasteiger partial charge in [0.1, 0.15) is 0 Å². The highest BCUT2D eigenvalue weighted by Crippen LogP contribution is 2.34. The van der Waals surface area contributed by atoms with Gasteiger partial charge in [0.25, 0.3) is 0 Å². The van der Waals surface area contributed by atoms with E-state index in [2.05, 4.69) is 33.5 Å². The van der Waals surface area contributed by atoms with Crippen LogP contribution in [0.5, 0.6) is 0 Å². The third-order valence-corrected chi connectivity index (χ3v) is 4.52. The summed E-state index contributed by atoms with van der Waals surface area (Å²) in [5.74, 6) is 0.0994. The molecule has 104 valence electrons. The molecule has 2 N–H and O–H groups in total. The molecule has 3 nitrogen and oxygen atoms in total. The lowest BCUT2D eigenvalue weighted by molar-refractivity contribution is -0.125. The van der Waals surface area contributed by atoms with Crippen molar-refractivity contribution in [2.24, 2.45) is 5.41 Å². The normalized spacial score (nSPS) is 22.5. The van der Waals surface area contributed by atoms with E-state index in [4.69, 9.17) is 11.6 Å². The molecule has 1 atom stereocenters. The molecule has 0 radical (unpaired) electrons. The van der Waals surface area contributed by atoms with Gasteiger partial charge in [0.05, 0.1) is 11.1 Å². The summed E-state index contributed by atoms with van der Waals surface area (Å²) in [7, 11) is 0. The minimum Gasteiger partial charge on any atom is -0.325 e. The molecule has 19 heavy (non-hydrogen) atoms. The van der Waals surface area contributed by atoms with Gasteiger partial charge in [-0.15, -0.1) is 0 Å². The first-order valence-electron chi connectivity index (χ1n) is 6.54. The minimum atomic E-state index is -0.270. The quantitative estimate of drug-likeness (QED) is 0.871. The fourth-order valence-electron chi connectivity index (χ4n) is 2.59. The van der Waals surface area contributed by atoms with Crippen molar-refractivity contribution < 1.29 is 4.79 Å². The van der Waals surface area contributed by atoms with Gasteiger partial charge in [-0.1, -0.05) is 24.9 Å². The number of anilines is 1. The zero-order valence-electron chi connectivity index (χ0n) is 10.9. The van der Waals surface area contributed by atoms with Crippen LogP contribution in [-0.2, 0) is 4.79 Å². The van der Waals surface area contributed by atoms with Crippen LogP contribution in [0.1, 0.15) is 26.2 Å². The molecule has 0 spiro atoms. The van der Waals surface area contributed by atoms with E-state index in [0.717, 1.165) is 42.5 Å². The zero-order chi connectivity index (χ0) is 13.9. The molecular formula is C14H18BrClN2O. The summed E-state index contributed by atoms with van der Waals surface area (Å²) in [5.41, 5.74) is 0.505. The summed E-state index contributed by atoms with van der Waals surface area (Å²) in [5, 5.41) is 6.96. The standard InChI is InChI=1S/C14H18BrClN2O/c1-2-5-14(6-7-17-9-14)13(19)18-12-4-3-10(16)8-11(12)15/h3-4,8,17H,2,5-7,9H2,1H3,(H,18,19). The monoisotopic (exact) mass is 344 g/mol. The lowest BCUT2D eigenvalue weighted by atomic mass is 9.81. The maximum Gasteiger partial charge on any atom is 0.231 e. The van der Waals surface area contributed by atoms with E-state index in [1.54, 1.807) is 12.1 Å². The first-order valence-corrected chi connectivity index (χ1v) is 7.72. The molecule has 1 fully saturated rings. The van der Waals surface area contributed by atoms with Gasteiger partial charge in [0.2, 0.25) is 5.91 Å². The van der Waals surface area contributed by atoms with Gasteiger partial charge in [-0.25, -0.2) is 0 Å². The molecule has 1 unspecified atom stereocenters. The zero-order valence-corrected chi connectivity index (χ0v) is 13.3. The lowest BCUT2D eigenvalue weighted by Gasteiger charge is -2.26. The predicted molar refractivity (Wildman–Crippen MR) is 82.6 cm³/mol. The van der Waals surface area contributed by atoms with E-state index in [1.807, 2.05) is 6.07 Å². The van der Waals surface area contributed by atoms with Gasteiger partial charge in [0, 0.05) is 16.0 Å². The van der Waals surface area contributed by atoms with Crippen LogP contribution in [0.4, 0.5) is 5.69 Å². The number of halogens is 2. The fourth-order valence-corrected chi connectivity index (χ4v) is 3.37. The lowest BCUT2D eigenvalue weighted by Crippen LogP contribution is -2.38. The predicted octanol–water partition coefficient (Wildman–Crippen LogP) is 3.82. The van der Waals surface area contributed by atoms with Crippen LogP contribution < -0.4 is 10.6 Å². The Kier molecular flexibility index (Phi) is 4.87. The van der Waals surface area contributed by atoms with Crippen molar-refractivity contribution in [2.45, 2.75) is 26.2 Å². The van der Waals surface area contributed by atoms with Crippen LogP contribution >= 0.6 is 27.5 Å². The highest BCUT2D eigenvalue weighted by atomic mass is 79.9. The molecule has 2 rings (SSSR count). The maximum atomic E-state index is 12.6. The summed E-state index contributed by atoms with van der Waals surface area (Å²) in [6.07, 6.45) is 2.83. The number of amides is 1. The second-order valence-corrected chi connectivity index (χ2v) is 6.33. The second-order valence-electron chi connectivity index (χ2n) is 5.04. The molecule has 0 saturated carbocycles. The molecule has 1 amide bonds. The van der Waals surface area contributed by atoms with Crippen LogP contribution in [-0.4, -0.2) is 19.0 Å². The Hall–Kier alpha value is -0.580. The Morgan fingerprint density at radius 2 is 2.37 bits per heavy atom. The number of carbonyl (C=O) groups excluding carboxylic acids is 1. The van der Waals surface area contributed by atoms with Crippen LogP contribution in [0.25, 0.3) is 0 Å². The van der Waals surface area contributed by atoms with Gasteiger partial charge in [-0.3, -0.25) is 4.79 Å². The van der Waals surface area contributed by atoms with Crippen LogP contribution in [0.3, 0.4) is 0 Å². The van der Waals surface area contributed by atoms with E-state index in [0.29, 0.717) is 5.02 Å². The highest BCUT2D eigenvalue weighted by Gasteiger charge is 2.40. The average Bonchev–Trinajstić information content (AvgIpc) is 2.83. The molecule has 1 aliphatic heterocycles. The molecule has 0 aliphatic carbocycles. The Bertz CT molecular complexity index is 473. The molecule has 1 heterocycles. The minimum absolute atomic E-state index is 0.0994. The van der Waals surface area contributed by atoms with Gasteiger partial charge >= 0.3 is 0 Å². The Morgan fingerprint density at radius 1 is 1.58 bits per heavy atom. The summed E-state index contributed by atoms with van der Waals surface area (Å²) in [6.45, 7) is 3.79. The molecule has 1 aliphatic rings. The number of hydrogen-bond donors (Lipinski definition) is 2. The number of benzene rings is 1. The van der Waals surface area contributed by atoms with Gasteiger partial charge < -0.3 is 10.6 Å². The summed E-state index contributed by atoms with van der Waals surface area (Å²) in [4.78, 5) is 12.6. The van der Waals surface area contributed by atoms with Gasteiger partial charge in [-0.05, 0) is 53.5 Å². The highest BCUT2D eigenvalue weighted by molar-refractivity contribution is 9.10. The SMILES string of the molecule is CCCC1(C(=O)Nc2ccc(Cl)cc2Br)CCNC1. The average molecular weight is 346 g/mol. The van der Waals surface area contributed by atoms with E-state index in [-0.39, 0.29) is 11.3 Å². The van der Waals surface area contributed by atoms with E-state index in [9.17, 15) is 4.79 Å². The van der Waals surface area contributed by atoms with Crippen molar-refractivity contribution in [3.8, 4) is 0 Å². The van der Waals surface area contributed by atoms with Crippen LogP contribution in [0, 0.1) is 5.41 Å². The first kappa shape index (κ1) is 14.8. The Morgan fingerprint density at radius 3 is 2.95 bits per heavy atom. The van der Waals surface area contributed by atoms with Crippen molar-refractivity contribution in [3.05, 3.63) is 27.7 Å². The summed E-state index contributed by atoms with van der Waals surface area (Å²) in [6, 6.07) is 5.39. The number of rotatable bonds is 4. The van der Waals surface area contributed by atoms with Crippen molar-refractivity contribution in [1.82, 2.24) is 5.32 Å². The van der Waals surface area contributed by atoms with Crippen molar-refractivity contribution in [2.75, 3.05) is 18.4 Å². The van der Waals surface area contributed by atoms with Crippen LogP contribution in [0.2, 0.25) is 5.02 Å². The Balaban J connectivity index is 2.15. The second kappa shape index (κ2) is 6.25. The summed E-state index contributed by atoms with van der Waals surface area (Å²) >= 11 is 9.33. The molecular weight excluding hydrogens is 328 g/mol. The molecule has 1 saturated heterocycles. The molecule has 1 aromatic carbocycles. The van der Waals surface area contributed by atoms with E-state index >= 15 is 0 Å². The van der Waals surface area contributed by atoms with E-state index in [1.165, 1.54) is 0 Å². The fraction of sp³-hybridized carbons (Fsp3) is 0.500. The van der Waals surface area contributed by atoms with Crippen LogP contribution in [0.15, 0.2) is 22.7 Å². The van der Waals surface area contributed by atoms with Crippen molar-refractivity contribution in [1.29, 1.82) is 0 Å². The summed E-state index contributed by atoms with van der Waals surface area (Å²) < 4.78 is 0.811. The molecule has 0 bridgehead atoms. The largest absolute Gasteiger partial charge is 0.325 e. The third-order valence-electron chi connectivity index (χ3n) is 3.63. The third kappa shape index (κ3) is 3.30.